The van der Waals surface area contributed by atoms with E-state index in [1.54, 1.807) is 0 Å². The van der Waals surface area contributed by atoms with E-state index in [4.69, 9.17) is 10.5 Å². The highest BCUT2D eigenvalue weighted by Crippen LogP contribution is 2.02. The van der Waals surface area contributed by atoms with Crippen LogP contribution in [0.2, 0.25) is 0 Å². The zero-order valence-electron chi connectivity index (χ0n) is 6.62. The van der Waals surface area contributed by atoms with Crippen LogP contribution in [0.5, 0.6) is 0 Å². The van der Waals surface area contributed by atoms with Gasteiger partial charge in [0.2, 0.25) is 0 Å². The number of ether oxygens (including phenoxy) is 1. The first-order chi connectivity index (χ1) is 5.79. The van der Waals surface area contributed by atoms with Gasteiger partial charge in [0.1, 0.15) is 0 Å². The van der Waals surface area contributed by atoms with Crippen LogP contribution in [0.3, 0.4) is 0 Å². The minimum absolute atomic E-state index is 0.546. The van der Waals surface area contributed by atoms with Crippen molar-refractivity contribution in [1.29, 1.82) is 0 Å². The van der Waals surface area contributed by atoms with Crippen LogP contribution in [-0.4, -0.2) is 25.5 Å². The number of nitrogens with one attached hydrogen (secondary N) is 1. The normalized spacial score (nSPS) is 17.5. The summed E-state index contributed by atoms with van der Waals surface area (Å²) < 4.78 is 5.14. The van der Waals surface area contributed by atoms with E-state index in [0.717, 1.165) is 18.6 Å². The number of hydrogen-bond donors (Lipinski definition) is 2. The number of nitrogens with two attached hydrogens (primary N) is 1. The molecule has 0 saturated heterocycles. The van der Waals surface area contributed by atoms with Gasteiger partial charge in [-0.25, -0.2) is 10.2 Å². The summed E-state index contributed by atoms with van der Waals surface area (Å²) in [5, 5.41) is 3.60. The van der Waals surface area contributed by atoms with Crippen LogP contribution in [-0.2, 0) is 4.74 Å². The maximum Gasteiger partial charge on any atom is 0.332 e. The average molecular weight is 169 g/mol. The predicted octanol–water partition coefficient (Wildman–Crippen LogP) is -0.0128. The summed E-state index contributed by atoms with van der Waals surface area (Å²) in [5.74, 6) is 0. The zero-order chi connectivity index (χ0) is 8.81. The van der Waals surface area contributed by atoms with Crippen molar-refractivity contribution in [1.82, 2.24) is 5.43 Å². The maximum absolute atomic E-state index is 10.2. The number of urea groups is 1. The van der Waals surface area contributed by atoms with Crippen molar-refractivity contribution < 1.29 is 9.53 Å². The maximum atomic E-state index is 10.2. The predicted molar refractivity (Wildman–Crippen MR) is 44.7 cm³/mol. The lowest BCUT2D eigenvalue weighted by Crippen LogP contribution is -2.24. The smallest absolute Gasteiger partial charge is 0.332 e. The Balaban J connectivity index is 2.33. The Labute approximate surface area is 70.3 Å². The van der Waals surface area contributed by atoms with E-state index < -0.39 is 6.03 Å². The first kappa shape index (κ1) is 8.73. The molecule has 0 fully saturated rings. The summed E-state index contributed by atoms with van der Waals surface area (Å²) in [7, 11) is 0. The molecule has 0 atom stereocenters. The summed E-state index contributed by atoms with van der Waals surface area (Å²) >= 11 is 0. The fourth-order valence-corrected chi connectivity index (χ4v) is 0.845. The van der Waals surface area contributed by atoms with Crippen molar-refractivity contribution in [3.05, 3.63) is 11.6 Å². The molecule has 0 aromatic heterocycles. The van der Waals surface area contributed by atoms with Gasteiger partial charge in [-0.2, -0.15) is 5.10 Å². The van der Waals surface area contributed by atoms with Crippen molar-refractivity contribution in [3.8, 4) is 0 Å². The van der Waals surface area contributed by atoms with Crippen molar-refractivity contribution in [2.45, 2.75) is 6.42 Å². The van der Waals surface area contributed by atoms with E-state index in [1.165, 1.54) is 6.21 Å². The number of primary amides is 1. The van der Waals surface area contributed by atoms with Gasteiger partial charge in [-0.1, -0.05) is 6.08 Å². The Morgan fingerprint density at radius 1 is 1.83 bits per heavy atom. The van der Waals surface area contributed by atoms with E-state index in [2.05, 4.69) is 10.5 Å². The number of carbonyl (C=O) groups is 1. The molecule has 0 aliphatic carbocycles. The van der Waals surface area contributed by atoms with E-state index in [9.17, 15) is 4.79 Å². The molecule has 3 N–H and O–H groups in total. The minimum atomic E-state index is -0.663. The van der Waals surface area contributed by atoms with E-state index in [0.29, 0.717) is 6.61 Å². The van der Waals surface area contributed by atoms with Gasteiger partial charge >= 0.3 is 6.03 Å². The molecule has 0 aromatic carbocycles. The second-order valence-electron chi connectivity index (χ2n) is 2.35. The molecule has 0 bridgehead atoms. The van der Waals surface area contributed by atoms with Gasteiger partial charge in [0, 0.05) is 0 Å². The van der Waals surface area contributed by atoms with Crippen molar-refractivity contribution >= 4 is 12.2 Å². The van der Waals surface area contributed by atoms with Crippen LogP contribution in [0, 0.1) is 0 Å². The molecule has 0 aromatic rings. The molecular formula is C7H11N3O2. The number of carbonyl (C=O) groups excluding carboxylic acids is 1. The van der Waals surface area contributed by atoms with E-state index in [-0.39, 0.29) is 0 Å². The third kappa shape index (κ3) is 3.16. The molecule has 1 aliphatic rings. The topological polar surface area (TPSA) is 76.7 Å². The van der Waals surface area contributed by atoms with Crippen molar-refractivity contribution in [2.24, 2.45) is 10.8 Å². The van der Waals surface area contributed by atoms with E-state index >= 15 is 0 Å². The van der Waals surface area contributed by atoms with Gasteiger partial charge < -0.3 is 10.5 Å². The van der Waals surface area contributed by atoms with Crippen LogP contribution in [0.15, 0.2) is 16.8 Å². The lowest BCUT2D eigenvalue weighted by atomic mass is 10.2. The molecule has 1 rings (SSSR count). The Morgan fingerprint density at radius 2 is 2.67 bits per heavy atom. The van der Waals surface area contributed by atoms with Crippen LogP contribution < -0.4 is 11.2 Å². The van der Waals surface area contributed by atoms with Crippen LogP contribution in [0.25, 0.3) is 0 Å². The molecule has 1 aliphatic heterocycles. The monoisotopic (exact) mass is 169 g/mol. The molecule has 0 unspecified atom stereocenters. The van der Waals surface area contributed by atoms with Gasteiger partial charge in [0.25, 0.3) is 0 Å². The number of hydrazone groups is 1. The summed E-state index contributed by atoms with van der Waals surface area (Å²) in [6.07, 6.45) is 4.43. The summed E-state index contributed by atoms with van der Waals surface area (Å²) in [4.78, 5) is 10.2. The SMILES string of the molecule is NC(=O)NN=CC1=CCCOC1. The Hall–Kier alpha value is -1.36. The molecule has 1 heterocycles. The highest BCUT2D eigenvalue weighted by Gasteiger charge is 1.99. The molecular weight excluding hydrogens is 158 g/mol. The fraction of sp³-hybridized carbons (Fsp3) is 0.429. The highest BCUT2D eigenvalue weighted by atomic mass is 16.5. The molecule has 0 saturated carbocycles. The van der Waals surface area contributed by atoms with Gasteiger partial charge in [-0.3, -0.25) is 0 Å². The molecule has 0 spiro atoms. The Morgan fingerprint density at radius 3 is 3.25 bits per heavy atom. The second-order valence-corrected chi connectivity index (χ2v) is 2.35. The van der Waals surface area contributed by atoms with Gasteiger partial charge in [0.05, 0.1) is 19.4 Å². The first-order valence-corrected chi connectivity index (χ1v) is 3.64. The third-order valence-corrected chi connectivity index (χ3v) is 1.34. The third-order valence-electron chi connectivity index (χ3n) is 1.34. The zero-order valence-corrected chi connectivity index (χ0v) is 6.62. The molecule has 2 amide bonds. The average Bonchev–Trinajstić information content (AvgIpc) is 2.05. The van der Waals surface area contributed by atoms with Crippen molar-refractivity contribution in [2.75, 3.05) is 13.2 Å². The van der Waals surface area contributed by atoms with Gasteiger partial charge in [0.15, 0.2) is 0 Å². The summed E-state index contributed by atoms with van der Waals surface area (Å²) in [6.45, 7) is 1.30. The lowest BCUT2D eigenvalue weighted by Gasteiger charge is -2.08. The van der Waals surface area contributed by atoms with Crippen LogP contribution in [0.4, 0.5) is 4.79 Å². The first-order valence-electron chi connectivity index (χ1n) is 3.64. The van der Waals surface area contributed by atoms with Crippen molar-refractivity contribution in [3.63, 3.8) is 0 Å². The largest absolute Gasteiger partial charge is 0.376 e. The minimum Gasteiger partial charge on any atom is -0.376 e. The van der Waals surface area contributed by atoms with Gasteiger partial charge in [-0.05, 0) is 12.0 Å². The fourth-order valence-electron chi connectivity index (χ4n) is 0.845. The number of amides is 2. The number of nitrogens with zero attached hydrogens (tertiary/aromatic N) is 1. The van der Waals surface area contributed by atoms with Crippen LogP contribution >= 0.6 is 0 Å². The number of rotatable bonds is 2. The second kappa shape index (κ2) is 4.50. The molecule has 5 heteroatoms. The van der Waals surface area contributed by atoms with Crippen LogP contribution in [0.1, 0.15) is 6.42 Å². The quantitative estimate of drug-likeness (QED) is 0.450. The molecule has 66 valence electrons. The highest BCUT2D eigenvalue weighted by molar-refractivity contribution is 5.80. The Bertz CT molecular complexity index is 223. The lowest BCUT2D eigenvalue weighted by molar-refractivity contribution is 0.154. The molecule has 12 heavy (non-hydrogen) atoms. The number of hydrogen-bond acceptors (Lipinski definition) is 3. The van der Waals surface area contributed by atoms with E-state index in [1.807, 2.05) is 6.08 Å². The summed E-state index contributed by atoms with van der Waals surface area (Å²) in [6, 6.07) is -0.663. The Kier molecular flexibility index (Phi) is 3.28. The molecule has 5 nitrogen and oxygen atoms in total. The molecule has 0 radical (unpaired) electrons. The standard InChI is InChI=1S/C7H11N3O2/c8-7(11)10-9-4-6-2-1-3-12-5-6/h2,4H,1,3,5H2,(H3,8,10,11). The summed E-state index contributed by atoms with van der Waals surface area (Å²) in [5.41, 5.74) is 7.85. The van der Waals surface area contributed by atoms with Gasteiger partial charge in [-0.15, -0.1) is 0 Å².